The first-order valence-corrected chi connectivity index (χ1v) is 4.12. The van der Waals surface area contributed by atoms with Crippen LogP contribution >= 0.6 is 11.6 Å². The van der Waals surface area contributed by atoms with Crippen molar-refractivity contribution in [2.45, 2.75) is 18.3 Å². The fraction of sp³-hybridized carbons (Fsp3) is 0.714. The van der Waals surface area contributed by atoms with E-state index in [0.717, 1.165) is 6.42 Å². The van der Waals surface area contributed by atoms with Crippen molar-refractivity contribution in [3.63, 3.8) is 0 Å². The molecule has 1 saturated heterocycles. The summed E-state index contributed by atoms with van der Waals surface area (Å²) in [6, 6.07) is 0. The summed E-state index contributed by atoms with van der Waals surface area (Å²) in [5, 5.41) is 0. The zero-order chi connectivity index (χ0) is 9.14. The second kappa shape index (κ2) is 3.76. The van der Waals surface area contributed by atoms with Crippen LogP contribution in [0.5, 0.6) is 0 Å². The summed E-state index contributed by atoms with van der Waals surface area (Å²) < 4.78 is 4.41. The van der Waals surface area contributed by atoms with E-state index in [2.05, 4.69) is 4.74 Å². The molecule has 1 atom stereocenters. The minimum absolute atomic E-state index is 0.0830. The van der Waals surface area contributed by atoms with Crippen molar-refractivity contribution in [2.24, 2.45) is 0 Å². The molecule has 0 aromatic carbocycles. The Bertz CT molecular complexity index is 207. The topological polar surface area (TPSA) is 46.6 Å². The van der Waals surface area contributed by atoms with E-state index in [1.165, 1.54) is 12.0 Å². The zero-order valence-electron chi connectivity index (χ0n) is 6.75. The van der Waals surface area contributed by atoms with Gasteiger partial charge in [-0.1, -0.05) is 11.6 Å². The summed E-state index contributed by atoms with van der Waals surface area (Å²) in [5.74, 6) is -0.660. The summed E-state index contributed by atoms with van der Waals surface area (Å²) in [7, 11) is 1.25. The number of alkyl halides is 1. The fourth-order valence-electron chi connectivity index (χ4n) is 1.13. The third-order valence-electron chi connectivity index (χ3n) is 1.78. The van der Waals surface area contributed by atoms with Gasteiger partial charge in [-0.05, 0) is 6.42 Å². The number of carbonyl (C=O) groups is 2. The number of halogens is 1. The molecule has 0 bridgehead atoms. The van der Waals surface area contributed by atoms with Crippen molar-refractivity contribution in [1.82, 2.24) is 4.90 Å². The number of ether oxygens (including phenoxy) is 1. The van der Waals surface area contributed by atoms with Crippen LogP contribution < -0.4 is 0 Å². The van der Waals surface area contributed by atoms with E-state index in [4.69, 9.17) is 11.6 Å². The Balaban J connectivity index is 2.57. The molecule has 12 heavy (non-hydrogen) atoms. The normalized spacial score (nSPS) is 19.5. The van der Waals surface area contributed by atoms with Crippen LogP contribution in [-0.2, 0) is 14.3 Å². The number of likely N-dealkylation sites (tertiary alicyclic amines) is 1. The number of rotatable bonds is 2. The van der Waals surface area contributed by atoms with Gasteiger partial charge in [-0.3, -0.25) is 4.79 Å². The zero-order valence-corrected chi connectivity index (χ0v) is 7.50. The van der Waals surface area contributed by atoms with Gasteiger partial charge in [0.25, 0.3) is 0 Å². The van der Waals surface area contributed by atoms with Crippen molar-refractivity contribution >= 4 is 23.5 Å². The summed E-state index contributed by atoms with van der Waals surface area (Å²) in [4.78, 5) is 23.3. The van der Waals surface area contributed by atoms with Crippen molar-refractivity contribution < 1.29 is 14.3 Å². The van der Waals surface area contributed by atoms with Gasteiger partial charge < -0.3 is 9.64 Å². The third-order valence-corrected chi connectivity index (χ3v) is 2.19. The summed E-state index contributed by atoms with van der Waals surface area (Å²) in [5.41, 5.74) is -0.954. The summed E-state index contributed by atoms with van der Waals surface area (Å²) >= 11 is 5.66. The molecule has 0 radical (unpaired) electrons. The van der Waals surface area contributed by atoms with Gasteiger partial charge in [0.2, 0.25) is 11.4 Å². The molecular weight excluding hydrogens is 182 g/mol. The molecule has 1 unspecified atom stereocenters. The predicted molar refractivity (Wildman–Crippen MR) is 42.6 cm³/mol. The van der Waals surface area contributed by atoms with E-state index >= 15 is 0 Å². The molecule has 1 aliphatic heterocycles. The third kappa shape index (κ3) is 1.69. The first-order valence-electron chi connectivity index (χ1n) is 3.68. The Hall–Kier alpha value is -0.770. The maximum absolute atomic E-state index is 11.1. The predicted octanol–water partition coefficient (Wildman–Crippen LogP) is 0.347. The smallest absolute Gasteiger partial charge is 0.344 e. The lowest BCUT2D eigenvalue weighted by molar-refractivity contribution is -0.147. The minimum Gasteiger partial charge on any atom is -0.467 e. The highest BCUT2D eigenvalue weighted by Gasteiger charge is 2.31. The van der Waals surface area contributed by atoms with Gasteiger partial charge in [0.1, 0.15) is 0 Å². The number of nitrogens with zero attached hydrogens (tertiary/aromatic N) is 1. The molecule has 1 fully saturated rings. The maximum Gasteiger partial charge on any atom is 0.344 e. The Labute approximate surface area is 75.4 Å². The lowest BCUT2D eigenvalue weighted by Crippen LogP contribution is -2.38. The highest BCUT2D eigenvalue weighted by atomic mass is 35.5. The molecule has 4 nitrogen and oxygen atoms in total. The lowest BCUT2D eigenvalue weighted by Gasteiger charge is -2.19. The van der Waals surface area contributed by atoms with Crippen LogP contribution in [0, 0.1) is 0 Å². The van der Waals surface area contributed by atoms with Gasteiger partial charge in [0, 0.05) is 13.0 Å². The van der Waals surface area contributed by atoms with Gasteiger partial charge in [-0.15, -0.1) is 0 Å². The number of amides is 1. The molecule has 0 aliphatic carbocycles. The molecule has 0 N–H and O–H groups in total. The van der Waals surface area contributed by atoms with E-state index in [0.29, 0.717) is 13.0 Å². The molecule has 0 aromatic rings. The molecule has 0 aromatic heterocycles. The minimum atomic E-state index is -0.954. The average Bonchev–Trinajstić information content (AvgIpc) is 2.48. The van der Waals surface area contributed by atoms with E-state index in [9.17, 15) is 9.59 Å². The average molecular weight is 192 g/mol. The van der Waals surface area contributed by atoms with Crippen LogP contribution in [0.15, 0.2) is 0 Å². The van der Waals surface area contributed by atoms with E-state index in [1.807, 2.05) is 0 Å². The summed E-state index contributed by atoms with van der Waals surface area (Å²) in [6.07, 6.45) is 1.24. The first-order chi connectivity index (χ1) is 5.66. The molecule has 68 valence electrons. The number of methoxy groups -OCH3 is 1. The molecule has 1 amide bonds. The van der Waals surface area contributed by atoms with Gasteiger partial charge >= 0.3 is 5.97 Å². The lowest BCUT2D eigenvalue weighted by atomic mass is 10.4. The molecule has 0 saturated carbocycles. The molecule has 1 heterocycles. The molecular formula is C7H10ClNO3. The number of hydrogen-bond donors (Lipinski definition) is 0. The Morgan fingerprint density at radius 3 is 2.83 bits per heavy atom. The Kier molecular flexibility index (Phi) is 2.92. The molecule has 1 aliphatic rings. The fourth-order valence-corrected chi connectivity index (χ4v) is 1.43. The monoisotopic (exact) mass is 191 g/mol. The van der Waals surface area contributed by atoms with Crippen LogP contribution in [0.1, 0.15) is 12.8 Å². The standard InChI is InChI=1S/C7H10ClNO3/c1-12-7(11)6(8)9-4-2-3-5(9)10/h6H,2-4H2,1H3. The van der Waals surface area contributed by atoms with Crippen LogP contribution in [0.3, 0.4) is 0 Å². The summed E-state index contributed by atoms with van der Waals surface area (Å²) in [6.45, 7) is 0.544. The quantitative estimate of drug-likeness (QED) is 0.360. The largest absolute Gasteiger partial charge is 0.467 e. The highest BCUT2D eigenvalue weighted by Crippen LogP contribution is 2.16. The number of hydrogen-bond acceptors (Lipinski definition) is 3. The van der Waals surface area contributed by atoms with Gasteiger partial charge in [-0.25, -0.2) is 4.79 Å². The van der Waals surface area contributed by atoms with Gasteiger partial charge in [0.15, 0.2) is 0 Å². The Morgan fingerprint density at radius 2 is 2.42 bits per heavy atom. The van der Waals surface area contributed by atoms with Crippen LogP contribution in [0.2, 0.25) is 0 Å². The number of esters is 1. The van der Waals surface area contributed by atoms with Crippen molar-refractivity contribution in [3.8, 4) is 0 Å². The molecule has 5 heteroatoms. The molecule has 1 rings (SSSR count). The highest BCUT2D eigenvalue weighted by molar-refractivity contribution is 6.30. The first kappa shape index (κ1) is 9.32. The van der Waals surface area contributed by atoms with Gasteiger partial charge in [0.05, 0.1) is 7.11 Å². The van der Waals surface area contributed by atoms with Crippen LogP contribution in [0.4, 0.5) is 0 Å². The van der Waals surface area contributed by atoms with Crippen molar-refractivity contribution in [3.05, 3.63) is 0 Å². The Morgan fingerprint density at radius 1 is 1.75 bits per heavy atom. The van der Waals surface area contributed by atoms with Gasteiger partial charge in [-0.2, -0.15) is 0 Å². The van der Waals surface area contributed by atoms with Crippen molar-refractivity contribution in [1.29, 1.82) is 0 Å². The van der Waals surface area contributed by atoms with Crippen LogP contribution in [0.25, 0.3) is 0 Å². The van der Waals surface area contributed by atoms with E-state index < -0.39 is 11.5 Å². The second-order valence-corrected chi connectivity index (χ2v) is 2.96. The van der Waals surface area contributed by atoms with Crippen LogP contribution in [-0.4, -0.2) is 35.9 Å². The maximum atomic E-state index is 11.1. The number of carbonyl (C=O) groups excluding carboxylic acids is 2. The SMILES string of the molecule is COC(=O)C(Cl)N1CCCC1=O. The van der Waals surface area contributed by atoms with E-state index in [-0.39, 0.29) is 5.91 Å². The second-order valence-electron chi connectivity index (χ2n) is 2.55. The van der Waals surface area contributed by atoms with E-state index in [1.54, 1.807) is 0 Å². The molecule has 0 spiro atoms. The van der Waals surface area contributed by atoms with Crippen molar-refractivity contribution in [2.75, 3.05) is 13.7 Å².